The van der Waals surface area contributed by atoms with E-state index in [0.29, 0.717) is 18.8 Å². The van der Waals surface area contributed by atoms with Gasteiger partial charge in [-0.2, -0.15) is 0 Å². The summed E-state index contributed by atoms with van der Waals surface area (Å²) >= 11 is 0. The summed E-state index contributed by atoms with van der Waals surface area (Å²) in [5.41, 5.74) is 0. The van der Waals surface area contributed by atoms with Gasteiger partial charge in [-0.1, -0.05) is 32.6 Å². The minimum Gasteiger partial charge on any atom is -0.480 e. The van der Waals surface area contributed by atoms with Crippen molar-refractivity contribution in [1.29, 1.82) is 0 Å². The molecule has 5 heteroatoms. The number of aliphatic carboxylic acids is 1. The van der Waals surface area contributed by atoms with Crippen molar-refractivity contribution in [1.82, 2.24) is 4.90 Å². The summed E-state index contributed by atoms with van der Waals surface area (Å²) in [5, 5.41) is 9.58. The molecule has 0 aromatic rings. The number of rotatable bonds is 5. The number of hydrogen-bond acceptors (Lipinski definition) is 3. The van der Waals surface area contributed by atoms with E-state index in [1.165, 1.54) is 12.8 Å². The SMILES string of the molecule is CCC(OC1CCCC1)C(=O)N1C(C(=O)O)CC2CCCCC21. The Kier molecular flexibility index (Phi) is 5.24. The summed E-state index contributed by atoms with van der Waals surface area (Å²) in [6.45, 7) is 1.96. The highest BCUT2D eigenvalue weighted by Gasteiger charge is 2.49. The molecule has 0 aromatic heterocycles. The van der Waals surface area contributed by atoms with Crippen LogP contribution in [-0.2, 0) is 14.3 Å². The van der Waals surface area contributed by atoms with Gasteiger partial charge >= 0.3 is 5.97 Å². The molecule has 1 heterocycles. The second-order valence-electron chi connectivity index (χ2n) is 7.39. The van der Waals surface area contributed by atoms with E-state index < -0.39 is 18.1 Å². The summed E-state index contributed by atoms with van der Waals surface area (Å²) in [4.78, 5) is 26.4. The lowest BCUT2D eigenvalue weighted by Crippen LogP contribution is -2.51. The van der Waals surface area contributed by atoms with Gasteiger partial charge in [-0.25, -0.2) is 4.79 Å². The third-order valence-electron chi connectivity index (χ3n) is 5.93. The third kappa shape index (κ3) is 3.39. The van der Waals surface area contributed by atoms with E-state index in [9.17, 15) is 14.7 Å². The first-order valence-electron chi connectivity index (χ1n) is 9.32. The number of likely N-dealkylation sites (tertiary alicyclic amines) is 1. The Morgan fingerprint density at radius 1 is 1.13 bits per heavy atom. The van der Waals surface area contributed by atoms with E-state index in [-0.39, 0.29) is 18.1 Å². The lowest BCUT2D eigenvalue weighted by Gasteiger charge is -2.35. The van der Waals surface area contributed by atoms with Gasteiger partial charge in [0.25, 0.3) is 5.91 Å². The first-order chi connectivity index (χ1) is 11.1. The third-order valence-corrected chi connectivity index (χ3v) is 5.93. The molecule has 4 atom stereocenters. The van der Waals surface area contributed by atoms with Crippen LogP contribution in [0.1, 0.15) is 71.1 Å². The van der Waals surface area contributed by atoms with Crippen LogP contribution in [0.4, 0.5) is 0 Å². The molecule has 23 heavy (non-hydrogen) atoms. The van der Waals surface area contributed by atoms with Gasteiger partial charge in [0, 0.05) is 6.04 Å². The van der Waals surface area contributed by atoms with E-state index in [1.807, 2.05) is 6.92 Å². The first-order valence-corrected chi connectivity index (χ1v) is 9.32. The van der Waals surface area contributed by atoms with Crippen LogP contribution < -0.4 is 0 Å². The molecule has 1 N–H and O–H groups in total. The molecule has 3 fully saturated rings. The molecule has 2 saturated carbocycles. The lowest BCUT2D eigenvalue weighted by molar-refractivity contribution is -0.158. The minimum absolute atomic E-state index is 0.0822. The van der Waals surface area contributed by atoms with E-state index >= 15 is 0 Å². The average molecular weight is 323 g/mol. The molecule has 0 spiro atoms. The number of nitrogens with zero attached hydrogens (tertiary/aromatic N) is 1. The normalized spacial score (nSPS) is 32.7. The molecule has 0 bridgehead atoms. The molecule has 1 saturated heterocycles. The van der Waals surface area contributed by atoms with Crippen molar-refractivity contribution in [2.45, 2.75) is 95.4 Å². The predicted molar refractivity (Wildman–Crippen MR) is 86.1 cm³/mol. The van der Waals surface area contributed by atoms with Gasteiger partial charge in [-0.15, -0.1) is 0 Å². The first kappa shape index (κ1) is 16.7. The second-order valence-corrected chi connectivity index (χ2v) is 7.39. The minimum atomic E-state index is -0.858. The Labute approximate surface area is 138 Å². The highest BCUT2D eigenvalue weighted by atomic mass is 16.5. The van der Waals surface area contributed by atoms with Crippen molar-refractivity contribution in [2.24, 2.45) is 5.92 Å². The summed E-state index contributed by atoms with van der Waals surface area (Å²) in [6.07, 6.45) is 9.58. The molecule has 0 radical (unpaired) electrons. The molecule has 4 unspecified atom stereocenters. The standard InChI is InChI=1S/C18H29NO4/c1-2-16(23-13-8-4-5-9-13)17(20)19-14-10-6-3-7-12(14)11-15(19)18(21)22/h12-16H,2-11H2,1H3,(H,21,22). The number of hydrogen-bond donors (Lipinski definition) is 1. The molecular formula is C18H29NO4. The van der Waals surface area contributed by atoms with Crippen molar-refractivity contribution < 1.29 is 19.4 Å². The average Bonchev–Trinajstić information content (AvgIpc) is 3.19. The number of carboxylic acid groups (broad SMARTS) is 1. The second kappa shape index (κ2) is 7.20. The number of carboxylic acids is 1. The Hall–Kier alpha value is -1.10. The number of carbonyl (C=O) groups is 2. The van der Waals surface area contributed by atoms with E-state index in [2.05, 4.69) is 0 Å². The molecule has 2 aliphatic carbocycles. The number of amides is 1. The van der Waals surface area contributed by atoms with Gasteiger partial charge in [0.2, 0.25) is 0 Å². The lowest BCUT2D eigenvalue weighted by atomic mass is 9.84. The molecular weight excluding hydrogens is 294 g/mol. The number of ether oxygens (including phenoxy) is 1. The monoisotopic (exact) mass is 323 g/mol. The summed E-state index contributed by atoms with van der Waals surface area (Å²) < 4.78 is 6.06. The zero-order chi connectivity index (χ0) is 16.4. The van der Waals surface area contributed by atoms with Crippen molar-refractivity contribution in [3.8, 4) is 0 Å². The Morgan fingerprint density at radius 3 is 2.43 bits per heavy atom. The Bertz CT molecular complexity index is 446. The molecule has 0 aromatic carbocycles. The molecule has 130 valence electrons. The predicted octanol–water partition coefficient (Wildman–Crippen LogP) is 2.97. The largest absolute Gasteiger partial charge is 0.480 e. The molecule has 3 rings (SSSR count). The van der Waals surface area contributed by atoms with Crippen molar-refractivity contribution in [3.63, 3.8) is 0 Å². The van der Waals surface area contributed by atoms with Crippen molar-refractivity contribution >= 4 is 11.9 Å². The summed E-state index contributed by atoms with van der Waals surface area (Å²) in [6, 6.07) is -0.546. The highest BCUT2D eigenvalue weighted by molar-refractivity contribution is 5.87. The van der Waals surface area contributed by atoms with E-state index in [1.54, 1.807) is 4.90 Å². The number of carbonyl (C=O) groups excluding carboxylic acids is 1. The zero-order valence-corrected chi connectivity index (χ0v) is 14.1. The van der Waals surface area contributed by atoms with Gasteiger partial charge in [-0.05, 0) is 44.4 Å². The van der Waals surface area contributed by atoms with Gasteiger partial charge in [0.15, 0.2) is 0 Å². The zero-order valence-electron chi connectivity index (χ0n) is 14.1. The molecule has 5 nitrogen and oxygen atoms in total. The fourth-order valence-electron chi connectivity index (χ4n) is 4.75. The van der Waals surface area contributed by atoms with Gasteiger partial charge in [0.1, 0.15) is 12.1 Å². The Balaban J connectivity index is 1.74. The van der Waals surface area contributed by atoms with Crippen molar-refractivity contribution in [2.75, 3.05) is 0 Å². The number of fused-ring (bicyclic) bond motifs is 1. The van der Waals surface area contributed by atoms with Crippen LogP contribution in [0.5, 0.6) is 0 Å². The van der Waals surface area contributed by atoms with E-state index in [4.69, 9.17) is 4.74 Å². The fraction of sp³-hybridized carbons (Fsp3) is 0.889. The molecule has 3 aliphatic rings. The van der Waals surface area contributed by atoms with Crippen LogP contribution >= 0.6 is 0 Å². The fourth-order valence-corrected chi connectivity index (χ4v) is 4.75. The van der Waals surface area contributed by atoms with Crippen molar-refractivity contribution in [3.05, 3.63) is 0 Å². The topological polar surface area (TPSA) is 66.8 Å². The van der Waals surface area contributed by atoms with Crippen LogP contribution in [-0.4, -0.2) is 46.2 Å². The van der Waals surface area contributed by atoms with Crippen LogP contribution in [0.2, 0.25) is 0 Å². The van der Waals surface area contributed by atoms with Gasteiger partial charge < -0.3 is 14.7 Å². The van der Waals surface area contributed by atoms with Crippen LogP contribution in [0.3, 0.4) is 0 Å². The maximum Gasteiger partial charge on any atom is 0.326 e. The van der Waals surface area contributed by atoms with Crippen LogP contribution in [0.15, 0.2) is 0 Å². The summed E-state index contributed by atoms with van der Waals surface area (Å²) in [5.74, 6) is -0.581. The molecule has 1 amide bonds. The summed E-state index contributed by atoms with van der Waals surface area (Å²) in [7, 11) is 0. The van der Waals surface area contributed by atoms with E-state index in [0.717, 1.165) is 38.5 Å². The Morgan fingerprint density at radius 2 is 1.78 bits per heavy atom. The maximum atomic E-state index is 13.1. The van der Waals surface area contributed by atoms with Gasteiger partial charge in [0.05, 0.1) is 6.10 Å². The maximum absolute atomic E-state index is 13.1. The molecule has 1 aliphatic heterocycles. The van der Waals surface area contributed by atoms with Crippen LogP contribution in [0, 0.1) is 5.92 Å². The quantitative estimate of drug-likeness (QED) is 0.844. The van der Waals surface area contributed by atoms with Gasteiger partial charge in [-0.3, -0.25) is 4.79 Å². The highest BCUT2D eigenvalue weighted by Crippen LogP contribution is 2.40. The van der Waals surface area contributed by atoms with Crippen LogP contribution in [0.25, 0.3) is 0 Å². The smallest absolute Gasteiger partial charge is 0.326 e.